The molecule has 0 amide bonds. The lowest BCUT2D eigenvalue weighted by molar-refractivity contribution is 0.0695. The van der Waals surface area contributed by atoms with E-state index >= 15 is 4.39 Å². The van der Waals surface area contributed by atoms with Crippen LogP contribution in [0.15, 0.2) is 11.0 Å². The highest BCUT2D eigenvalue weighted by molar-refractivity contribution is 6.03. The van der Waals surface area contributed by atoms with Crippen LogP contribution in [0.2, 0.25) is 0 Å². The van der Waals surface area contributed by atoms with Crippen molar-refractivity contribution in [3.8, 4) is 5.75 Å². The number of nitrogens with two attached hydrogens (primary N) is 1. The quantitative estimate of drug-likeness (QED) is 0.617. The molecule has 30 heavy (non-hydrogen) atoms. The van der Waals surface area contributed by atoms with Crippen LogP contribution in [0.25, 0.3) is 10.9 Å². The molecule has 1 aromatic heterocycles. The van der Waals surface area contributed by atoms with Crippen LogP contribution in [0.3, 0.4) is 0 Å². The maximum Gasteiger partial charge on any atom is 0.341 e. The molecule has 162 valence electrons. The molecule has 2 fully saturated rings. The Morgan fingerprint density at radius 3 is 2.67 bits per heavy atom. The number of carboxylic acid groups (broad SMARTS) is 1. The number of nitrogens with one attached hydrogen (secondary N) is 1. The molecule has 1 aliphatic carbocycles. The lowest BCUT2D eigenvalue weighted by Crippen LogP contribution is -2.33. The van der Waals surface area contributed by atoms with E-state index < -0.39 is 22.8 Å². The average molecular weight is 418 g/mol. The number of benzene rings is 1. The van der Waals surface area contributed by atoms with Gasteiger partial charge in [-0.25, -0.2) is 9.18 Å². The normalized spacial score (nSPS) is 20.0. The molecule has 0 radical (unpaired) electrons. The summed E-state index contributed by atoms with van der Waals surface area (Å²) in [6.07, 6.45) is 3.91. The first-order chi connectivity index (χ1) is 14.3. The van der Waals surface area contributed by atoms with E-state index in [1.54, 1.807) is 4.57 Å². The zero-order chi connectivity index (χ0) is 21.7. The summed E-state index contributed by atoms with van der Waals surface area (Å²) in [5.74, 6) is -1.53. The first-order valence-corrected chi connectivity index (χ1v) is 10.2. The summed E-state index contributed by atoms with van der Waals surface area (Å²) >= 11 is 0. The van der Waals surface area contributed by atoms with Crippen LogP contribution >= 0.6 is 0 Å². The number of rotatable bonds is 6. The molecule has 4 N–H and O–H groups in total. The fraction of sp³-hybridized carbons (Fsp3) is 0.524. The van der Waals surface area contributed by atoms with E-state index in [2.05, 4.69) is 12.2 Å². The number of nitrogens with zero attached hydrogens (tertiary/aromatic N) is 2. The third-order valence-corrected chi connectivity index (χ3v) is 6.46. The van der Waals surface area contributed by atoms with Gasteiger partial charge in [-0.05, 0) is 39.2 Å². The summed E-state index contributed by atoms with van der Waals surface area (Å²) in [5.41, 5.74) is 5.19. The third-order valence-electron chi connectivity index (χ3n) is 6.46. The number of hydrogen-bond acceptors (Lipinski definition) is 6. The topological polar surface area (TPSA) is 110 Å². The third kappa shape index (κ3) is 3.08. The predicted octanol–water partition coefficient (Wildman–Crippen LogP) is 2.20. The van der Waals surface area contributed by atoms with Crippen LogP contribution in [0.1, 0.15) is 42.6 Å². The number of pyridine rings is 1. The second-order valence-electron chi connectivity index (χ2n) is 8.22. The molecule has 2 atom stereocenters. The van der Waals surface area contributed by atoms with Crippen molar-refractivity contribution in [2.75, 3.05) is 37.9 Å². The minimum Gasteiger partial charge on any atom is -0.492 e. The van der Waals surface area contributed by atoms with Gasteiger partial charge in [0, 0.05) is 31.4 Å². The molecule has 9 heteroatoms. The molecule has 0 spiro atoms. The Morgan fingerprint density at radius 2 is 2.10 bits per heavy atom. The highest BCUT2D eigenvalue weighted by atomic mass is 19.1. The van der Waals surface area contributed by atoms with Gasteiger partial charge in [0.25, 0.3) is 0 Å². The highest BCUT2D eigenvalue weighted by Crippen LogP contribution is 2.47. The minimum atomic E-state index is -1.36. The van der Waals surface area contributed by atoms with E-state index in [1.165, 1.54) is 13.3 Å². The summed E-state index contributed by atoms with van der Waals surface area (Å²) in [4.78, 5) is 26.4. The molecule has 1 aliphatic heterocycles. The van der Waals surface area contributed by atoms with E-state index in [0.29, 0.717) is 24.5 Å². The van der Waals surface area contributed by atoms with E-state index in [-0.39, 0.29) is 34.6 Å². The van der Waals surface area contributed by atoms with Gasteiger partial charge in [0.15, 0.2) is 11.6 Å². The maximum absolute atomic E-state index is 15.5. The SMILES string of the molecule is CN[C@@H](C)[C@@H]1CCN(c2c(F)c(N)c3c(=O)c(C(=O)O)cn(C4CC4)c3c2OC)C1. The maximum atomic E-state index is 15.5. The zero-order valence-corrected chi connectivity index (χ0v) is 17.4. The van der Waals surface area contributed by atoms with Crippen LogP contribution in [0, 0.1) is 11.7 Å². The summed E-state index contributed by atoms with van der Waals surface area (Å²) in [6, 6.07) is 0.304. The fourth-order valence-electron chi connectivity index (χ4n) is 4.47. The van der Waals surface area contributed by atoms with Gasteiger partial charge < -0.3 is 30.4 Å². The number of ether oxygens (including phenoxy) is 1. The zero-order valence-electron chi connectivity index (χ0n) is 17.4. The summed E-state index contributed by atoms with van der Waals surface area (Å²) in [7, 11) is 3.33. The monoisotopic (exact) mass is 418 g/mol. The molecule has 0 bridgehead atoms. The molecule has 2 heterocycles. The number of methoxy groups -OCH3 is 1. The number of hydrogen-bond donors (Lipinski definition) is 3. The fourth-order valence-corrected chi connectivity index (χ4v) is 4.47. The Labute approximate surface area is 173 Å². The van der Waals surface area contributed by atoms with Crippen LogP contribution in [0.4, 0.5) is 15.8 Å². The van der Waals surface area contributed by atoms with Gasteiger partial charge in [-0.3, -0.25) is 4.79 Å². The number of carbonyl (C=O) groups is 1. The van der Waals surface area contributed by atoms with Crippen molar-refractivity contribution in [3.05, 3.63) is 27.8 Å². The first-order valence-electron chi connectivity index (χ1n) is 10.2. The number of aromatic nitrogens is 1. The molecule has 2 aliphatic rings. The molecular formula is C21H27FN4O4. The Bertz CT molecular complexity index is 1080. The Hall–Kier alpha value is -2.81. The lowest BCUT2D eigenvalue weighted by atomic mass is 10.0. The largest absolute Gasteiger partial charge is 0.492 e. The van der Waals surface area contributed by atoms with Crippen LogP contribution < -0.4 is 26.1 Å². The lowest BCUT2D eigenvalue weighted by Gasteiger charge is -2.26. The van der Waals surface area contributed by atoms with Gasteiger partial charge in [-0.15, -0.1) is 0 Å². The predicted molar refractivity (Wildman–Crippen MR) is 113 cm³/mol. The molecule has 1 saturated heterocycles. The van der Waals surface area contributed by atoms with Gasteiger partial charge in [-0.1, -0.05) is 0 Å². The first kappa shape index (κ1) is 20.5. The van der Waals surface area contributed by atoms with E-state index in [9.17, 15) is 14.7 Å². The van der Waals surface area contributed by atoms with Crippen molar-refractivity contribution in [2.45, 2.75) is 38.3 Å². The summed E-state index contributed by atoms with van der Waals surface area (Å²) in [5, 5.41) is 12.6. The van der Waals surface area contributed by atoms with E-state index in [0.717, 1.165) is 19.3 Å². The molecule has 2 aromatic rings. The Morgan fingerprint density at radius 1 is 1.40 bits per heavy atom. The Kier molecular flexibility index (Phi) is 5.09. The molecular weight excluding hydrogens is 391 g/mol. The van der Waals surface area contributed by atoms with E-state index in [1.807, 2.05) is 11.9 Å². The van der Waals surface area contributed by atoms with Gasteiger partial charge in [0.2, 0.25) is 5.43 Å². The second kappa shape index (κ2) is 7.46. The average Bonchev–Trinajstić information content (AvgIpc) is 3.45. The van der Waals surface area contributed by atoms with Crippen LogP contribution in [-0.4, -0.2) is 48.9 Å². The van der Waals surface area contributed by atoms with Crippen molar-refractivity contribution in [3.63, 3.8) is 0 Å². The van der Waals surface area contributed by atoms with Gasteiger partial charge in [0.05, 0.1) is 23.7 Å². The number of aromatic carboxylic acids is 1. The van der Waals surface area contributed by atoms with Crippen molar-refractivity contribution in [1.29, 1.82) is 0 Å². The van der Waals surface area contributed by atoms with Crippen molar-refractivity contribution >= 4 is 28.2 Å². The highest BCUT2D eigenvalue weighted by Gasteiger charge is 2.35. The number of anilines is 2. The van der Waals surface area contributed by atoms with Crippen LogP contribution in [0.5, 0.6) is 5.75 Å². The van der Waals surface area contributed by atoms with Gasteiger partial charge in [0.1, 0.15) is 11.3 Å². The standard InChI is InChI=1S/C21H27FN4O4/c1-10(24-2)11-6-7-25(8-11)18-15(22)16(23)14-17(20(18)30-3)26(12-4-5-12)9-13(19(14)27)21(28)29/h9-12,24H,4-8,23H2,1-3H3,(H,28,29)/t10-,11+/m0/s1. The number of fused-ring (bicyclic) bond motifs is 1. The summed E-state index contributed by atoms with van der Waals surface area (Å²) in [6.45, 7) is 3.35. The Balaban J connectivity index is 1.99. The van der Waals surface area contributed by atoms with Crippen molar-refractivity contribution in [1.82, 2.24) is 9.88 Å². The van der Waals surface area contributed by atoms with Crippen LogP contribution in [-0.2, 0) is 0 Å². The molecule has 4 rings (SSSR count). The van der Waals surface area contributed by atoms with Gasteiger partial charge >= 0.3 is 5.97 Å². The van der Waals surface area contributed by atoms with Crippen molar-refractivity contribution in [2.24, 2.45) is 5.92 Å². The molecule has 1 aromatic carbocycles. The minimum absolute atomic E-state index is 0.0356. The molecule has 1 saturated carbocycles. The molecule has 8 nitrogen and oxygen atoms in total. The van der Waals surface area contributed by atoms with Crippen molar-refractivity contribution < 1.29 is 19.0 Å². The number of nitrogen functional groups attached to an aromatic ring is 1. The smallest absolute Gasteiger partial charge is 0.341 e. The number of carboxylic acids is 1. The number of halogens is 1. The van der Waals surface area contributed by atoms with Gasteiger partial charge in [-0.2, -0.15) is 0 Å². The van der Waals surface area contributed by atoms with E-state index in [4.69, 9.17) is 10.5 Å². The molecule has 0 unspecified atom stereocenters. The summed E-state index contributed by atoms with van der Waals surface area (Å²) < 4.78 is 22.9. The second-order valence-corrected chi connectivity index (χ2v) is 8.22.